The molecule has 2 unspecified atom stereocenters. The summed E-state index contributed by atoms with van der Waals surface area (Å²) in [5.74, 6) is -1.84. The number of hydrogen-bond donors (Lipinski definition) is 4. The molecule has 2 aromatic rings. The summed E-state index contributed by atoms with van der Waals surface area (Å²) in [5.41, 5.74) is 4.55. The number of aliphatic carboxylic acids is 1. The Balaban J connectivity index is 1.52. The summed E-state index contributed by atoms with van der Waals surface area (Å²) in [6, 6.07) is 14.5. The van der Waals surface area contributed by atoms with Crippen molar-refractivity contribution in [1.82, 2.24) is 10.6 Å². The fourth-order valence-corrected chi connectivity index (χ4v) is 3.94. The number of carbonyl (C=O) groups is 3. The van der Waals surface area contributed by atoms with Crippen LogP contribution >= 0.6 is 0 Å². The van der Waals surface area contributed by atoms with E-state index in [1.165, 1.54) is 0 Å². The molecular weight excluding hydrogens is 412 g/mol. The van der Waals surface area contributed by atoms with Gasteiger partial charge in [-0.2, -0.15) is 0 Å². The molecule has 4 N–H and O–H groups in total. The molecule has 2 aromatic carbocycles. The van der Waals surface area contributed by atoms with Crippen LogP contribution in [0.15, 0.2) is 48.5 Å². The maximum absolute atomic E-state index is 12.4. The molecule has 1 aliphatic rings. The van der Waals surface area contributed by atoms with Gasteiger partial charge in [-0.05, 0) is 35.1 Å². The van der Waals surface area contributed by atoms with Gasteiger partial charge in [-0.1, -0.05) is 55.5 Å². The van der Waals surface area contributed by atoms with Gasteiger partial charge in [0.2, 0.25) is 5.91 Å². The van der Waals surface area contributed by atoms with Gasteiger partial charge in [-0.25, -0.2) is 9.59 Å². The van der Waals surface area contributed by atoms with Crippen LogP contribution in [0.3, 0.4) is 0 Å². The molecule has 0 saturated heterocycles. The van der Waals surface area contributed by atoms with Crippen LogP contribution in [0.4, 0.5) is 4.79 Å². The van der Waals surface area contributed by atoms with E-state index in [9.17, 15) is 14.4 Å². The van der Waals surface area contributed by atoms with Gasteiger partial charge in [0.1, 0.15) is 12.6 Å². The van der Waals surface area contributed by atoms with Crippen molar-refractivity contribution >= 4 is 18.0 Å². The van der Waals surface area contributed by atoms with Crippen molar-refractivity contribution in [2.75, 3.05) is 13.2 Å². The first-order valence-electron chi connectivity index (χ1n) is 10.7. The zero-order chi connectivity index (χ0) is 23.1. The molecule has 0 heterocycles. The summed E-state index contributed by atoms with van der Waals surface area (Å²) in [5, 5.41) is 22.9. The Morgan fingerprint density at radius 2 is 1.59 bits per heavy atom. The maximum atomic E-state index is 12.4. The highest BCUT2D eigenvalue weighted by Crippen LogP contribution is 2.44. The van der Waals surface area contributed by atoms with Crippen LogP contribution in [0.5, 0.6) is 0 Å². The number of aliphatic hydroxyl groups is 1. The van der Waals surface area contributed by atoms with E-state index in [-0.39, 0.29) is 25.0 Å². The largest absolute Gasteiger partial charge is 0.480 e. The molecule has 0 fully saturated rings. The first-order valence-corrected chi connectivity index (χ1v) is 10.7. The Bertz CT molecular complexity index is 931. The molecule has 0 spiro atoms. The molecule has 32 heavy (non-hydrogen) atoms. The Morgan fingerprint density at radius 1 is 1.00 bits per heavy atom. The summed E-state index contributed by atoms with van der Waals surface area (Å²) in [4.78, 5) is 35.2. The first kappa shape index (κ1) is 23.3. The van der Waals surface area contributed by atoms with Crippen molar-refractivity contribution in [3.05, 3.63) is 59.7 Å². The molecule has 0 aliphatic heterocycles. The van der Waals surface area contributed by atoms with Crippen molar-refractivity contribution in [1.29, 1.82) is 0 Å². The second-order valence-electron chi connectivity index (χ2n) is 7.75. The topological polar surface area (TPSA) is 125 Å². The Kier molecular flexibility index (Phi) is 7.83. The van der Waals surface area contributed by atoms with Gasteiger partial charge in [-0.15, -0.1) is 0 Å². The quantitative estimate of drug-likeness (QED) is 0.450. The molecule has 2 amide bonds. The highest BCUT2D eigenvalue weighted by molar-refractivity contribution is 5.83. The molecule has 3 rings (SSSR count). The first-order chi connectivity index (χ1) is 15.4. The molecule has 0 radical (unpaired) electrons. The van der Waals surface area contributed by atoms with Crippen molar-refractivity contribution in [2.45, 2.75) is 44.2 Å². The third kappa shape index (κ3) is 5.45. The van der Waals surface area contributed by atoms with Crippen molar-refractivity contribution in [2.24, 2.45) is 0 Å². The van der Waals surface area contributed by atoms with Crippen LogP contribution in [-0.4, -0.2) is 53.5 Å². The smallest absolute Gasteiger partial charge is 0.407 e. The SMILES string of the molecule is CCC(CCC(=O)NC(CO)C(=O)O)NC(=O)OCC1c2ccccc2-c2ccccc21. The van der Waals surface area contributed by atoms with E-state index in [0.29, 0.717) is 12.8 Å². The lowest BCUT2D eigenvalue weighted by molar-refractivity contribution is -0.142. The van der Waals surface area contributed by atoms with Gasteiger partial charge in [0, 0.05) is 18.4 Å². The molecule has 0 bridgehead atoms. The zero-order valence-electron chi connectivity index (χ0n) is 17.9. The lowest BCUT2D eigenvalue weighted by Gasteiger charge is -2.19. The van der Waals surface area contributed by atoms with Crippen LogP contribution in [0.2, 0.25) is 0 Å². The molecular formula is C24H28N2O6. The normalized spacial score (nSPS) is 14.1. The fourth-order valence-electron chi connectivity index (χ4n) is 3.94. The molecule has 2 atom stereocenters. The van der Waals surface area contributed by atoms with Gasteiger partial charge in [0.05, 0.1) is 6.61 Å². The number of amides is 2. The van der Waals surface area contributed by atoms with Gasteiger partial charge >= 0.3 is 12.1 Å². The molecule has 1 aliphatic carbocycles. The van der Waals surface area contributed by atoms with E-state index < -0.39 is 30.6 Å². The predicted octanol–water partition coefficient (Wildman–Crippen LogP) is 2.65. The number of aliphatic hydroxyl groups excluding tert-OH is 1. The lowest BCUT2D eigenvalue weighted by Crippen LogP contribution is -2.44. The second kappa shape index (κ2) is 10.8. The average Bonchev–Trinajstić information content (AvgIpc) is 3.12. The molecule has 8 nitrogen and oxygen atoms in total. The fraction of sp³-hybridized carbons (Fsp3) is 0.375. The van der Waals surface area contributed by atoms with Gasteiger partial charge in [0.25, 0.3) is 0 Å². The Labute approximate surface area is 186 Å². The van der Waals surface area contributed by atoms with Crippen molar-refractivity contribution < 1.29 is 29.3 Å². The van der Waals surface area contributed by atoms with E-state index in [2.05, 4.69) is 22.8 Å². The van der Waals surface area contributed by atoms with Crippen LogP contribution in [0.25, 0.3) is 11.1 Å². The highest BCUT2D eigenvalue weighted by atomic mass is 16.5. The summed E-state index contributed by atoms with van der Waals surface area (Å²) >= 11 is 0. The van der Waals surface area contributed by atoms with Crippen molar-refractivity contribution in [3.8, 4) is 11.1 Å². The molecule has 8 heteroatoms. The third-order valence-corrected chi connectivity index (χ3v) is 5.69. The average molecular weight is 440 g/mol. The molecule has 0 saturated carbocycles. The third-order valence-electron chi connectivity index (χ3n) is 5.69. The van der Waals surface area contributed by atoms with Gasteiger partial charge < -0.3 is 25.6 Å². The number of ether oxygens (including phenoxy) is 1. The Morgan fingerprint density at radius 3 is 2.12 bits per heavy atom. The van der Waals surface area contributed by atoms with Crippen LogP contribution in [0, 0.1) is 0 Å². The minimum Gasteiger partial charge on any atom is -0.480 e. The number of rotatable bonds is 10. The van der Waals surface area contributed by atoms with Crippen LogP contribution in [-0.2, 0) is 14.3 Å². The van der Waals surface area contributed by atoms with Crippen LogP contribution < -0.4 is 10.6 Å². The summed E-state index contributed by atoms with van der Waals surface area (Å²) in [7, 11) is 0. The summed E-state index contributed by atoms with van der Waals surface area (Å²) < 4.78 is 5.53. The number of carbonyl (C=O) groups excluding carboxylic acids is 2. The number of fused-ring (bicyclic) bond motifs is 3. The van der Waals surface area contributed by atoms with Gasteiger partial charge in [-0.3, -0.25) is 4.79 Å². The number of alkyl carbamates (subject to hydrolysis) is 1. The van der Waals surface area contributed by atoms with E-state index in [0.717, 1.165) is 22.3 Å². The summed E-state index contributed by atoms with van der Waals surface area (Å²) in [6.07, 6.45) is 0.369. The number of carboxylic acids is 1. The van der Waals surface area contributed by atoms with Crippen LogP contribution in [0.1, 0.15) is 43.2 Å². The van der Waals surface area contributed by atoms with E-state index >= 15 is 0 Å². The number of hydrogen-bond acceptors (Lipinski definition) is 5. The zero-order valence-corrected chi connectivity index (χ0v) is 17.9. The minimum absolute atomic E-state index is 0.0198. The van der Waals surface area contributed by atoms with E-state index in [1.807, 2.05) is 43.3 Å². The van der Waals surface area contributed by atoms with E-state index in [1.54, 1.807) is 0 Å². The lowest BCUT2D eigenvalue weighted by atomic mass is 9.98. The molecule has 0 aromatic heterocycles. The number of carboxylic acid groups (broad SMARTS) is 1. The number of nitrogens with one attached hydrogen (secondary N) is 2. The van der Waals surface area contributed by atoms with Crippen molar-refractivity contribution in [3.63, 3.8) is 0 Å². The standard InChI is InChI=1S/C24H28N2O6/c1-2-15(11-12-22(28)26-21(13-27)23(29)30)25-24(31)32-14-20-18-9-5-3-7-16(18)17-8-4-6-10-19(17)20/h3-10,15,20-21,27H,2,11-14H2,1H3,(H,25,31)(H,26,28)(H,29,30). The summed E-state index contributed by atoms with van der Waals surface area (Å²) in [6.45, 7) is 1.39. The minimum atomic E-state index is -1.34. The second-order valence-corrected chi connectivity index (χ2v) is 7.75. The highest BCUT2D eigenvalue weighted by Gasteiger charge is 2.29. The van der Waals surface area contributed by atoms with Gasteiger partial charge in [0.15, 0.2) is 0 Å². The maximum Gasteiger partial charge on any atom is 0.407 e. The predicted molar refractivity (Wildman–Crippen MR) is 118 cm³/mol. The van der Waals surface area contributed by atoms with E-state index in [4.69, 9.17) is 14.9 Å². The molecule has 170 valence electrons. The monoisotopic (exact) mass is 440 g/mol. The Hall–Kier alpha value is -3.39. The number of benzene rings is 2.